The van der Waals surface area contributed by atoms with Crippen molar-refractivity contribution in [3.05, 3.63) is 11.3 Å². The van der Waals surface area contributed by atoms with E-state index in [2.05, 4.69) is 6.92 Å². The molecule has 1 aliphatic heterocycles. The molecular weight excluding hydrogens is 152 g/mol. The summed E-state index contributed by atoms with van der Waals surface area (Å²) in [6.45, 7) is 2.06. The summed E-state index contributed by atoms with van der Waals surface area (Å²) in [5.41, 5.74) is 0.986. The average Bonchev–Trinajstić information content (AvgIpc) is 2.58. The number of hydrogen-bond acceptors (Lipinski definition) is 2. The first kappa shape index (κ1) is 7.84. The van der Waals surface area contributed by atoms with Gasteiger partial charge in [0, 0.05) is 18.4 Å². The molecule has 66 valence electrons. The van der Waals surface area contributed by atoms with Crippen LogP contribution < -0.4 is 0 Å². The van der Waals surface area contributed by atoms with Crippen molar-refractivity contribution >= 4 is 5.78 Å². The molecule has 2 nitrogen and oxygen atoms in total. The van der Waals surface area contributed by atoms with Gasteiger partial charge < -0.3 is 4.74 Å². The van der Waals surface area contributed by atoms with Crippen LogP contribution in [0.5, 0.6) is 0 Å². The van der Waals surface area contributed by atoms with Crippen molar-refractivity contribution < 1.29 is 9.53 Å². The molecule has 0 spiro atoms. The third-order valence-electron chi connectivity index (χ3n) is 2.63. The summed E-state index contributed by atoms with van der Waals surface area (Å²) in [7, 11) is 0. The van der Waals surface area contributed by atoms with Gasteiger partial charge in [-0.3, -0.25) is 4.79 Å². The van der Waals surface area contributed by atoms with Crippen molar-refractivity contribution in [3.8, 4) is 0 Å². The van der Waals surface area contributed by atoms with Crippen molar-refractivity contribution in [3.63, 3.8) is 0 Å². The van der Waals surface area contributed by atoms with E-state index in [4.69, 9.17) is 4.74 Å². The summed E-state index contributed by atoms with van der Waals surface area (Å²) >= 11 is 0. The van der Waals surface area contributed by atoms with E-state index in [0.29, 0.717) is 11.9 Å². The fraction of sp³-hybridized carbons (Fsp3) is 0.700. The van der Waals surface area contributed by atoms with Crippen molar-refractivity contribution in [2.45, 2.75) is 45.1 Å². The lowest BCUT2D eigenvalue weighted by molar-refractivity contribution is -0.114. The quantitative estimate of drug-likeness (QED) is 0.516. The van der Waals surface area contributed by atoms with Crippen molar-refractivity contribution in [1.82, 2.24) is 0 Å². The molecule has 12 heavy (non-hydrogen) atoms. The summed E-state index contributed by atoms with van der Waals surface area (Å²) in [6.07, 6.45) is 5.07. The maximum absolute atomic E-state index is 11.3. The first-order valence-electron chi connectivity index (χ1n) is 4.69. The van der Waals surface area contributed by atoms with E-state index in [0.717, 1.165) is 43.4 Å². The van der Waals surface area contributed by atoms with Gasteiger partial charge in [-0.25, -0.2) is 0 Å². The Bertz CT molecular complexity index is 240. The number of Topliss-reactive ketones (excluding diaryl/α,β-unsaturated/α-hetero) is 1. The molecule has 1 saturated carbocycles. The summed E-state index contributed by atoms with van der Waals surface area (Å²) < 4.78 is 5.57. The molecule has 1 unspecified atom stereocenters. The lowest BCUT2D eigenvalue weighted by atomic mass is 10.1. The highest BCUT2D eigenvalue weighted by atomic mass is 16.5. The number of ether oxygens (including phenoxy) is 1. The van der Waals surface area contributed by atoms with E-state index in [-0.39, 0.29) is 0 Å². The van der Waals surface area contributed by atoms with Crippen molar-refractivity contribution in [2.24, 2.45) is 0 Å². The number of allylic oxidation sites excluding steroid dienone is 2. The summed E-state index contributed by atoms with van der Waals surface area (Å²) in [4.78, 5) is 11.3. The average molecular weight is 166 g/mol. The lowest BCUT2D eigenvalue weighted by Gasteiger charge is -2.05. The molecule has 2 aliphatic rings. The molecule has 1 aliphatic carbocycles. The predicted octanol–water partition coefficient (Wildman–Crippen LogP) is 2.19. The third kappa shape index (κ3) is 1.26. The molecule has 2 rings (SSSR count). The number of carbonyl (C=O) groups is 1. The Morgan fingerprint density at radius 2 is 2.17 bits per heavy atom. The Morgan fingerprint density at radius 3 is 2.67 bits per heavy atom. The second-order valence-electron chi connectivity index (χ2n) is 3.65. The molecule has 2 heteroatoms. The van der Waals surface area contributed by atoms with E-state index in [1.807, 2.05) is 0 Å². The van der Waals surface area contributed by atoms with Gasteiger partial charge in [-0.1, -0.05) is 0 Å². The van der Waals surface area contributed by atoms with Gasteiger partial charge >= 0.3 is 0 Å². The van der Waals surface area contributed by atoms with Gasteiger partial charge in [-0.15, -0.1) is 0 Å². The SMILES string of the molecule is CC1CC/C(=C2/CCCC2=O)O1. The first-order chi connectivity index (χ1) is 5.77. The van der Waals surface area contributed by atoms with Crippen LogP contribution in [-0.2, 0) is 9.53 Å². The first-order valence-corrected chi connectivity index (χ1v) is 4.69. The zero-order chi connectivity index (χ0) is 8.55. The van der Waals surface area contributed by atoms with Crippen LogP contribution in [0.25, 0.3) is 0 Å². The minimum atomic E-state index is 0.319. The second kappa shape index (κ2) is 2.92. The van der Waals surface area contributed by atoms with Crippen LogP contribution in [0, 0.1) is 0 Å². The largest absolute Gasteiger partial charge is 0.495 e. The number of carbonyl (C=O) groups excluding carboxylic acids is 1. The molecule has 1 saturated heterocycles. The molecule has 0 radical (unpaired) electrons. The maximum Gasteiger partial charge on any atom is 0.162 e. The molecule has 1 heterocycles. The highest BCUT2D eigenvalue weighted by Crippen LogP contribution is 2.32. The maximum atomic E-state index is 11.3. The zero-order valence-corrected chi connectivity index (χ0v) is 7.43. The van der Waals surface area contributed by atoms with Gasteiger partial charge in [0.1, 0.15) is 5.76 Å². The number of rotatable bonds is 0. The van der Waals surface area contributed by atoms with Crippen LogP contribution in [0.1, 0.15) is 39.0 Å². The lowest BCUT2D eigenvalue weighted by Crippen LogP contribution is -1.99. The van der Waals surface area contributed by atoms with E-state index < -0.39 is 0 Å². The number of ketones is 1. The highest BCUT2D eigenvalue weighted by Gasteiger charge is 2.26. The number of hydrogen-bond donors (Lipinski definition) is 0. The standard InChI is InChI=1S/C10H14O2/c1-7-5-6-10(12-7)8-3-2-4-9(8)11/h7H,2-6H2,1H3/b10-8+. The van der Waals surface area contributed by atoms with Gasteiger partial charge in [-0.2, -0.15) is 0 Å². The molecule has 2 fully saturated rings. The van der Waals surface area contributed by atoms with Gasteiger partial charge in [0.2, 0.25) is 0 Å². The zero-order valence-electron chi connectivity index (χ0n) is 7.43. The topological polar surface area (TPSA) is 26.3 Å². The fourth-order valence-electron chi connectivity index (χ4n) is 1.93. The van der Waals surface area contributed by atoms with Gasteiger partial charge in [-0.05, 0) is 26.2 Å². The molecule has 0 aromatic heterocycles. The molecular formula is C10H14O2. The Morgan fingerprint density at radius 1 is 1.33 bits per heavy atom. The van der Waals surface area contributed by atoms with Crippen LogP contribution in [0.3, 0.4) is 0 Å². The molecule has 1 atom stereocenters. The predicted molar refractivity (Wildman–Crippen MR) is 45.7 cm³/mol. The normalized spacial score (nSPS) is 35.8. The Kier molecular flexibility index (Phi) is 1.91. The highest BCUT2D eigenvalue weighted by molar-refractivity contribution is 5.97. The molecule has 0 bridgehead atoms. The van der Waals surface area contributed by atoms with Gasteiger partial charge in [0.05, 0.1) is 6.10 Å². The smallest absolute Gasteiger partial charge is 0.162 e. The van der Waals surface area contributed by atoms with E-state index in [1.165, 1.54) is 0 Å². The van der Waals surface area contributed by atoms with E-state index >= 15 is 0 Å². The third-order valence-corrected chi connectivity index (χ3v) is 2.63. The van der Waals surface area contributed by atoms with E-state index in [9.17, 15) is 4.79 Å². The minimum Gasteiger partial charge on any atom is -0.495 e. The fourth-order valence-corrected chi connectivity index (χ4v) is 1.93. The van der Waals surface area contributed by atoms with Crippen molar-refractivity contribution in [2.75, 3.05) is 0 Å². The van der Waals surface area contributed by atoms with Crippen LogP contribution in [0.4, 0.5) is 0 Å². The minimum absolute atomic E-state index is 0.319. The van der Waals surface area contributed by atoms with Crippen LogP contribution in [-0.4, -0.2) is 11.9 Å². The Labute approximate surface area is 72.6 Å². The monoisotopic (exact) mass is 166 g/mol. The molecule has 0 N–H and O–H groups in total. The van der Waals surface area contributed by atoms with Crippen LogP contribution in [0.15, 0.2) is 11.3 Å². The van der Waals surface area contributed by atoms with Crippen LogP contribution in [0.2, 0.25) is 0 Å². The Hall–Kier alpha value is -0.790. The summed E-state index contributed by atoms with van der Waals surface area (Å²) in [5, 5.41) is 0. The van der Waals surface area contributed by atoms with E-state index in [1.54, 1.807) is 0 Å². The molecule has 0 aromatic rings. The summed E-state index contributed by atoms with van der Waals surface area (Å²) in [6, 6.07) is 0. The molecule has 0 aromatic carbocycles. The van der Waals surface area contributed by atoms with Gasteiger partial charge in [0.15, 0.2) is 5.78 Å². The Balaban J connectivity index is 2.19. The summed E-state index contributed by atoms with van der Waals surface area (Å²) in [5.74, 6) is 1.31. The van der Waals surface area contributed by atoms with Crippen LogP contribution >= 0.6 is 0 Å². The second-order valence-corrected chi connectivity index (χ2v) is 3.65. The van der Waals surface area contributed by atoms with Crippen molar-refractivity contribution in [1.29, 1.82) is 0 Å². The van der Waals surface area contributed by atoms with Gasteiger partial charge in [0.25, 0.3) is 0 Å². The molecule has 0 amide bonds.